The van der Waals surface area contributed by atoms with Crippen molar-refractivity contribution in [2.45, 2.75) is 54.2 Å². The van der Waals surface area contributed by atoms with Crippen molar-refractivity contribution in [2.24, 2.45) is 0 Å². The fourth-order valence-electron chi connectivity index (χ4n) is 5.64. The number of thiocarbonyl (C=S) groups is 1. The summed E-state index contributed by atoms with van der Waals surface area (Å²) in [5.41, 5.74) is 3.98. The highest BCUT2D eigenvalue weighted by molar-refractivity contribution is 7.99. The van der Waals surface area contributed by atoms with Crippen molar-refractivity contribution >= 4 is 52.5 Å². The summed E-state index contributed by atoms with van der Waals surface area (Å²) in [5.74, 6) is 1.30. The lowest BCUT2D eigenvalue weighted by molar-refractivity contribution is 0.435. The van der Waals surface area contributed by atoms with Crippen LogP contribution in [0.4, 0.5) is 11.8 Å². The van der Waals surface area contributed by atoms with Crippen molar-refractivity contribution < 1.29 is 0 Å². The number of aromatic nitrogens is 4. The molecule has 40 heavy (non-hydrogen) atoms. The van der Waals surface area contributed by atoms with Gasteiger partial charge in [0, 0.05) is 48.5 Å². The third-order valence-corrected chi connectivity index (χ3v) is 8.99. The van der Waals surface area contributed by atoms with Gasteiger partial charge in [-0.15, -0.1) is 0 Å². The van der Waals surface area contributed by atoms with Gasteiger partial charge in [0.2, 0.25) is 5.95 Å². The van der Waals surface area contributed by atoms with E-state index in [0.29, 0.717) is 16.2 Å². The number of hydrogen-bond acceptors (Lipinski definition) is 7. The van der Waals surface area contributed by atoms with Gasteiger partial charge in [0.25, 0.3) is 0 Å². The minimum atomic E-state index is 0.00615. The van der Waals surface area contributed by atoms with Gasteiger partial charge in [0.1, 0.15) is 10.8 Å². The van der Waals surface area contributed by atoms with Crippen molar-refractivity contribution in [1.29, 1.82) is 0 Å². The second-order valence-electron chi connectivity index (χ2n) is 10.3. The molecule has 1 aliphatic heterocycles. The van der Waals surface area contributed by atoms with Crippen molar-refractivity contribution in [1.82, 2.24) is 25.3 Å². The molecule has 0 radical (unpaired) electrons. The molecule has 0 atom stereocenters. The van der Waals surface area contributed by atoms with Crippen molar-refractivity contribution in [3.63, 3.8) is 0 Å². The Labute approximate surface area is 249 Å². The first kappa shape index (κ1) is 26.9. The van der Waals surface area contributed by atoms with E-state index in [1.807, 2.05) is 18.2 Å². The molecule has 0 unspecified atom stereocenters. The van der Waals surface area contributed by atoms with Crippen LogP contribution in [-0.4, -0.2) is 38.1 Å². The zero-order valence-corrected chi connectivity index (χ0v) is 24.4. The summed E-state index contributed by atoms with van der Waals surface area (Å²) in [6.07, 6.45) is 9.03. The van der Waals surface area contributed by atoms with E-state index in [-0.39, 0.29) is 5.41 Å². The number of nitrogens with one attached hydrogen (secondary N) is 2. The van der Waals surface area contributed by atoms with Gasteiger partial charge in [0.05, 0.1) is 0 Å². The topological polar surface area (TPSA) is 78.9 Å². The molecule has 10 heteroatoms. The van der Waals surface area contributed by atoms with Gasteiger partial charge in [0.15, 0.2) is 10.3 Å². The van der Waals surface area contributed by atoms with Gasteiger partial charge in [-0.25, -0.2) is 15.0 Å². The molecule has 1 fully saturated rings. The largest absolute Gasteiger partial charge is 0.361 e. The molecule has 7 nitrogen and oxygen atoms in total. The first-order valence-corrected chi connectivity index (χ1v) is 15.1. The molecule has 0 bridgehead atoms. The SMILES string of the molecule is S=C(NCC1(c2cccc(Cl)c2)CCCC1)Nc1nc(Sc2ncccn2)cc(N2CCc3ccccc3C2)n1. The number of hydrogen-bond donors (Lipinski definition) is 2. The van der Waals surface area contributed by atoms with Gasteiger partial charge in [-0.3, -0.25) is 0 Å². The van der Waals surface area contributed by atoms with Crippen LogP contribution in [0.3, 0.4) is 0 Å². The number of anilines is 2. The van der Waals surface area contributed by atoms with E-state index in [0.717, 1.165) is 54.8 Å². The van der Waals surface area contributed by atoms with Crippen LogP contribution in [-0.2, 0) is 18.4 Å². The number of halogens is 1. The lowest BCUT2D eigenvalue weighted by Gasteiger charge is -2.31. The predicted molar refractivity (Wildman–Crippen MR) is 165 cm³/mol. The smallest absolute Gasteiger partial charge is 0.232 e. The molecule has 0 saturated heterocycles. The normalized spacial score (nSPS) is 15.9. The maximum absolute atomic E-state index is 6.34. The first-order valence-electron chi connectivity index (χ1n) is 13.5. The Morgan fingerprint density at radius 2 is 1.77 bits per heavy atom. The van der Waals surface area contributed by atoms with E-state index in [9.17, 15) is 0 Å². The zero-order chi connectivity index (χ0) is 27.4. The Bertz CT molecular complexity index is 1490. The second kappa shape index (κ2) is 12.1. The monoisotopic (exact) mass is 587 g/mol. The Morgan fingerprint density at radius 1 is 0.975 bits per heavy atom. The van der Waals surface area contributed by atoms with Gasteiger partial charge in [-0.2, -0.15) is 4.98 Å². The third kappa shape index (κ3) is 6.22. The van der Waals surface area contributed by atoms with Gasteiger partial charge in [-0.05, 0) is 78.1 Å². The molecule has 3 heterocycles. The maximum atomic E-state index is 6.34. The van der Waals surface area contributed by atoms with Crippen molar-refractivity contribution in [3.8, 4) is 0 Å². The van der Waals surface area contributed by atoms with Gasteiger partial charge in [-0.1, -0.05) is 60.8 Å². The summed E-state index contributed by atoms with van der Waals surface area (Å²) in [6.45, 7) is 2.40. The van der Waals surface area contributed by atoms with E-state index in [1.165, 1.54) is 41.3 Å². The maximum Gasteiger partial charge on any atom is 0.232 e. The number of benzene rings is 2. The number of nitrogens with zero attached hydrogens (tertiary/aromatic N) is 5. The molecular weight excluding hydrogens is 558 g/mol. The summed E-state index contributed by atoms with van der Waals surface area (Å²) < 4.78 is 0. The minimum Gasteiger partial charge on any atom is -0.361 e. The minimum absolute atomic E-state index is 0.00615. The van der Waals surface area contributed by atoms with E-state index >= 15 is 0 Å². The molecule has 2 aliphatic rings. The summed E-state index contributed by atoms with van der Waals surface area (Å²) in [7, 11) is 0. The summed E-state index contributed by atoms with van der Waals surface area (Å²) >= 11 is 13.5. The summed E-state index contributed by atoms with van der Waals surface area (Å²) in [4.78, 5) is 20.7. The molecular formula is C30H30ClN7S2. The molecule has 4 aromatic rings. The highest BCUT2D eigenvalue weighted by Crippen LogP contribution is 2.41. The molecule has 1 aliphatic carbocycles. The molecule has 2 N–H and O–H groups in total. The highest BCUT2D eigenvalue weighted by Gasteiger charge is 2.35. The van der Waals surface area contributed by atoms with Gasteiger partial charge >= 0.3 is 0 Å². The van der Waals surface area contributed by atoms with E-state index in [1.54, 1.807) is 18.5 Å². The molecule has 204 valence electrons. The Hall–Kier alpha value is -3.27. The number of rotatable bonds is 7. The Balaban J connectivity index is 1.21. The third-order valence-electron chi connectivity index (χ3n) is 7.69. The fraction of sp³-hybridized carbons (Fsp3) is 0.300. The van der Waals surface area contributed by atoms with Crippen LogP contribution in [0.5, 0.6) is 0 Å². The van der Waals surface area contributed by atoms with E-state index < -0.39 is 0 Å². The zero-order valence-electron chi connectivity index (χ0n) is 22.0. The van der Waals surface area contributed by atoms with E-state index in [2.05, 4.69) is 61.9 Å². The highest BCUT2D eigenvalue weighted by atomic mass is 35.5. The van der Waals surface area contributed by atoms with Crippen LogP contribution in [0.1, 0.15) is 42.4 Å². The van der Waals surface area contributed by atoms with Crippen molar-refractivity contribution in [2.75, 3.05) is 23.3 Å². The van der Waals surface area contributed by atoms with Crippen LogP contribution < -0.4 is 15.5 Å². The van der Waals surface area contributed by atoms with Crippen LogP contribution in [0, 0.1) is 0 Å². The lowest BCUT2D eigenvalue weighted by atomic mass is 9.79. The molecule has 2 aromatic carbocycles. The van der Waals surface area contributed by atoms with Crippen LogP contribution in [0.2, 0.25) is 5.02 Å². The van der Waals surface area contributed by atoms with E-state index in [4.69, 9.17) is 33.8 Å². The summed E-state index contributed by atoms with van der Waals surface area (Å²) in [5, 5.41) is 9.38. The lowest BCUT2D eigenvalue weighted by Crippen LogP contribution is -2.41. The Kier molecular flexibility index (Phi) is 8.13. The standard InChI is InChI=1S/C30H30ClN7S2/c31-24-10-5-9-23(17-24)30(12-3-4-13-30)20-34-28(39)37-27-35-25(18-26(36-27)40-29-32-14-6-15-33-29)38-16-11-21-7-1-2-8-22(21)19-38/h1-2,5-10,14-15,17-18H,3-4,11-13,16,19-20H2,(H2,34,35,36,37,39). The van der Waals surface area contributed by atoms with Crippen LogP contribution in [0.15, 0.2) is 83.2 Å². The molecule has 6 rings (SSSR count). The average molecular weight is 588 g/mol. The molecule has 2 aromatic heterocycles. The van der Waals surface area contributed by atoms with Crippen LogP contribution in [0.25, 0.3) is 0 Å². The predicted octanol–water partition coefficient (Wildman–Crippen LogP) is 6.43. The number of fused-ring (bicyclic) bond motifs is 1. The average Bonchev–Trinajstić information content (AvgIpc) is 3.47. The fourth-order valence-corrected chi connectivity index (χ4v) is 6.70. The second-order valence-corrected chi connectivity index (χ2v) is 12.1. The van der Waals surface area contributed by atoms with Crippen molar-refractivity contribution in [3.05, 3.63) is 94.8 Å². The van der Waals surface area contributed by atoms with Gasteiger partial charge < -0.3 is 15.5 Å². The molecule has 0 amide bonds. The molecule has 0 spiro atoms. The quantitative estimate of drug-likeness (QED) is 0.144. The Morgan fingerprint density at radius 3 is 2.58 bits per heavy atom. The first-order chi connectivity index (χ1) is 19.6. The summed E-state index contributed by atoms with van der Waals surface area (Å²) in [6, 6.07) is 20.6. The van der Waals surface area contributed by atoms with Crippen LogP contribution >= 0.6 is 35.6 Å². The molecule has 1 saturated carbocycles.